The Labute approximate surface area is 135 Å². The van der Waals surface area contributed by atoms with Gasteiger partial charge in [0.2, 0.25) is 0 Å². The summed E-state index contributed by atoms with van der Waals surface area (Å²) in [6.45, 7) is 3.70. The predicted octanol–water partition coefficient (Wildman–Crippen LogP) is 4.13. The average molecular weight is 319 g/mol. The van der Waals surface area contributed by atoms with Crippen molar-refractivity contribution in [3.05, 3.63) is 65.2 Å². The van der Waals surface area contributed by atoms with Crippen LogP contribution >= 0.6 is 11.6 Å². The lowest BCUT2D eigenvalue weighted by Crippen LogP contribution is -2.44. The van der Waals surface area contributed by atoms with Gasteiger partial charge in [-0.05, 0) is 43.7 Å². The summed E-state index contributed by atoms with van der Waals surface area (Å²) < 4.78 is 5.60. The Morgan fingerprint density at radius 2 is 1.64 bits per heavy atom. The van der Waals surface area contributed by atoms with Crippen LogP contribution in [-0.4, -0.2) is 12.3 Å². The fraction of sp³-hybridized carbons (Fsp3) is 0.235. The number of urea groups is 1. The van der Waals surface area contributed by atoms with Crippen LogP contribution in [0.1, 0.15) is 25.5 Å². The van der Waals surface area contributed by atoms with Gasteiger partial charge in [-0.3, -0.25) is 0 Å². The van der Waals surface area contributed by atoms with Gasteiger partial charge in [-0.15, -0.1) is 0 Å². The summed E-state index contributed by atoms with van der Waals surface area (Å²) in [6.07, 6.45) is -0.454. The molecular formula is C17H19ClN2O2. The summed E-state index contributed by atoms with van der Waals surface area (Å²) in [4.78, 5) is 12.0. The van der Waals surface area contributed by atoms with E-state index in [0.717, 1.165) is 5.56 Å². The second-order valence-corrected chi connectivity index (χ2v) is 5.40. The van der Waals surface area contributed by atoms with Crippen LogP contribution in [0.5, 0.6) is 5.75 Å². The van der Waals surface area contributed by atoms with E-state index in [-0.39, 0.29) is 12.1 Å². The molecule has 0 radical (unpaired) electrons. The van der Waals surface area contributed by atoms with E-state index in [1.165, 1.54) is 0 Å². The average Bonchev–Trinajstić information content (AvgIpc) is 2.50. The number of benzene rings is 2. The molecule has 0 aliphatic heterocycles. The van der Waals surface area contributed by atoms with Crippen LogP contribution in [-0.2, 0) is 0 Å². The number of carbonyl (C=O) groups is 1. The third-order valence-corrected chi connectivity index (χ3v) is 3.36. The van der Waals surface area contributed by atoms with Crippen LogP contribution in [0.4, 0.5) is 4.79 Å². The van der Waals surface area contributed by atoms with E-state index in [0.29, 0.717) is 10.8 Å². The van der Waals surface area contributed by atoms with Gasteiger partial charge in [0, 0.05) is 5.02 Å². The van der Waals surface area contributed by atoms with Crippen molar-refractivity contribution in [2.75, 3.05) is 0 Å². The van der Waals surface area contributed by atoms with Gasteiger partial charge in [0.05, 0.1) is 6.04 Å². The van der Waals surface area contributed by atoms with Crippen LogP contribution < -0.4 is 15.4 Å². The number of amides is 2. The van der Waals surface area contributed by atoms with E-state index in [1.807, 2.05) is 37.3 Å². The first-order chi connectivity index (χ1) is 10.5. The molecule has 0 aliphatic carbocycles. The van der Waals surface area contributed by atoms with E-state index in [1.54, 1.807) is 31.2 Å². The second-order valence-electron chi connectivity index (χ2n) is 4.96. The van der Waals surface area contributed by atoms with E-state index in [4.69, 9.17) is 16.3 Å². The highest BCUT2D eigenvalue weighted by molar-refractivity contribution is 6.30. The van der Waals surface area contributed by atoms with Crippen LogP contribution in [0.15, 0.2) is 54.6 Å². The standard InChI is InChI=1S/C17H19ClN2O2/c1-12(14-6-4-3-5-7-14)19-17(21)20-13(2)22-16-10-8-15(18)9-11-16/h3-13H,1-2H3,(H2,19,20,21). The summed E-state index contributed by atoms with van der Waals surface area (Å²) in [5, 5.41) is 6.25. The Kier molecular flexibility index (Phi) is 5.67. The molecular weight excluding hydrogens is 300 g/mol. The normalized spacial score (nSPS) is 13.0. The Morgan fingerprint density at radius 1 is 1.00 bits per heavy atom. The van der Waals surface area contributed by atoms with Gasteiger partial charge in [0.15, 0.2) is 6.23 Å². The molecule has 0 saturated carbocycles. The lowest BCUT2D eigenvalue weighted by Gasteiger charge is -2.19. The maximum absolute atomic E-state index is 12.0. The van der Waals surface area contributed by atoms with Crippen molar-refractivity contribution in [2.45, 2.75) is 26.1 Å². The summed E-state index contributed by atoms with van der Waals surface area (Å²) in [6, 6.07) is 16.4. The van der Waals surface area contributed by atoms with E-state index < -0.39 is 6.23 Å². The number of hydrogen-bond acceptors (Lipinski definition) is 2. The highest BCUT2D eigenvalue weighted by Crippen LogP contribution is 2.16. The van der Waals surface area contributed by atoms with Gasteiger partial charge < -0.3 is 15.4 Å². The first kappa shape index (κ1) is 16.2. The second kappa shape index (κ2) is 7.71. The molecule has 0 saturated heterocycles. The van der Waals surface area contributed by atoms with E-state index >= 15 is 0 Å². The van der Waals surface area contributed by atoms with Crippen molar-refractivity contribution in [3.63, 3.8) is 0 Å². The molecule has 0 heterocycles. The molecule has 2 rings (SSSR count). The number of nitrogens with one attached hydrogen (secondary N) is 2. The number of rotatable bonds is 5. The van der Waals surface area contributed by atoms with Gasteiger partial charge >= 0.3 is 6.03 Å². The fourth-order valence-electron chi connectivity index (χ4n) is 1.99. The van der Waals surface area contributed by atoms with Gasteiger partial charge in [-0.25, -0.2) is 4.79 Å². The first-order valence-corrected chi connectivity index (χ1v) is 7.46. The Hall–Kier alpha value is -2.20. The topological polar surface area (TPSA) is 50.4 Å². The van der Waals surface area contributed by atoms with Crippen LogP contribution in [0.3, 0.4) is 0 Å². The minimum atomic E-state index is -0.454. The molecule has 2 aromatic rings. The first-order valence-electron chi connectivity index (χ1n) is 7.09. The number of hydrogen-bond donors (Lipinski definition) is 2. The summed E-state index contributed by atoms with van der Waals surface area (Å²) in [7, 11) is 0. The lowest BCUT2D eigenvalue weighted by atomic mass is 10.1. The fourth-order valence-corrected chi connectivity index (χ4v) is 2.12. The van der Waals surface area contributed by atoms with Crippen LogP contribution in [0, 0.1) is 0 Å². The largest absolute Gasteiger partial charge is 0.471 e. The molecule has 22 heavy (non-hydrogen) atoms. The summed E-state index contributed by atoms with van der Waals surface area (Å²) in [5.74, 6) is 0.647. The molecule has 4 nitrogen and oxygen atoms in total. The molecule has 0 aromatic heterocycles. The molecule has 0 fully saturated rings. The molecule has 0 spiro atoms. The Morgan fingerprint density at radius 3 is 2.27 bits per heavy atom. The van der Waals surface area contributed by atoms with Crippen molar-refractivity contribution in [1.82, 2.24) is 10.6 Å². The smallest absolute Gasteiger partial charge is 0.318 e. The summed E-state index contributed by atoms with van der Waals surface area (Å²) >= 11 is 5.81. The maximum atomic E-state index is 12.0. The zero-order chi connectivity index (χ0) is 15.9. The van der Waals surface area contributed by atoms with Gasteiger partial charge in [-0.2, -0.15) is 0 Å². The molecule has 0 bridgehead atoms. The molecule has 116 valence electrons. The molecule has 2 N–H and O–H groups in total. The number of carbonyl (C=O) groups excluding carboxylic acids is 1. The molecule has 2 amide bonds. The van der Waals surface area contributed by atoms with Crippen LogP contribution in [0.25, 0.3) is 0 Å². The predicted molar refractivity (Wildman–Crippen MR) is 88.1 cm³/mol. The van der Waals surface area contributed by atoms with Gasteiger partial charge in [0.1, 0.15) is 5.75 Å². The van der Waals surface area contributed by atoms with E-state index in [9.17, 15) is 4.79 Å². The van der Waals surface area contributed by atoms with Crippen LogP contribution in [0.2, 0.25) is 5.02 Å². The molecule has 2 atom stereocenters. The monoisotopic (exact) mass is 318 g/mol. The quantitative estimate of drug-likeness (QED) is 0.815. The van der Waals surface area contributed by atoms with Crippen molar-refractivity contribution >= 4 is 17.6 Å². The number of halogens is 1. The van der Waals surface area contributed by atoms with Crippen molar-refractivity contribution in [1.29, 1.82) is 0 Å². The van der Waals surface area contributed by atoms with E-state index in [2.05, 4.69) is 10.6 Å². The molecule has 0 aliphatic rings. The van der Waals surface area contributed by atoms with Gasteiger partial charge in [0.25, 0.3) is 0 Å². The molecule has 2 aromatic carbocycles. The Balaban J connectivity index is 1.82. The zero-order valence-electron chi connectivity index (χ0n) is 12.5. The summed E-state index contributed by atoms with van der Waals surface area (Å²) in [5.41, 5.74) is 1.05. The number of ether oxygens (including phenoxy) is 1. The highest BCUT2D eigenvalue weighted by Gasteiger charge is 2.12. The van der Waals surface area contributed by atoms with Gasteiger partial charge in [-0.1, -0.05) is 41.9 Å². The molecule has 2 unspecified atom stereocenters. The Bertz CT molecular complexity index is 602. The SMILES string of the molecule is CC(NC(=O)NC(C)c1ccccc1)Oc1ccc(Cl)cc1. The van der Waals surface area contributed by atoms with Crippen molar-refractivity contribution in [3.8, 4) is 5.75 Å². The molecule has 5 heteroatoms. The third kappa shape index (κ3) is 4.97. The van der Waals surface area contributed by atoms with Crippen molar-refractivity contribution in [2.24, 2.45) is 0 Å². The minimum Gasteiger partial charge on any atom is -0.471 e. The maximum Gasteiger partial charge on any atom is 0.318 e. The van der Waals surface area contributed by atoms with Crippen molar-refractivity contribution < 1.29 is 9.53 Å². The lowest BCUT2D eigenvalue weighted by molar-refractivity contribution is 0.175. The minimum absolute atomic E-state index is 0.0797. The zero-order valence-corrected chi connectivity index (χ0v) is 13.3. The highest BCUT2D eigenvalue weighted by atomic mass is 35.5. The third-order valence-electron chi connectivity index (χ3n) is 3.11.